The molecule has 0 spiro atoms. The van der Waals surface area contributed by atoms with Gasteiger partial charge in [-0.15, -0.1) is 0 Å². The Morgan fingerprint density at radius 2 is 2.15 bits per heavy atom. The third-order valence-corrected chi connectivity index (χ3v) is 4.12. The Kier molecular flexibility index (Phi) is 5.41. The van der Waals surface area contributed by atoms with Crippen molar-refractivity contribution in [2.45, 2.75) is 51.1 Å². The SMILES string of the molecule is CC1CCCC(NC(CC(N)=NO)c2ccccc2)C1. The molecule has 3 atom stereocenters. The second kappa shape index (κ2) is 7.29. The number of rotatable bonds is 5. The van der Waals surface area contributed by atoms with Gasteiger partial charge in [-0.2, -0.15) is 0 Å². The summed E-state index contributed by atoms with van der Waals surface area (Å²) < 4.78 is 0. The van der Waals surface area contributed by atoms with Crippen molar-refractivity contribution in [2.24, 2.45) is 16.8 Å². The second-order valence-corrected chi connectivity index (χ2v) is 5.89. The molecule has 0 saturated heterocycles. The van der Waals surface area contributed by atoms with Gasteiger partial charge in [0.05, 0.1) is 0 Å². The lowest BCUT2D eigenvalue weighted by Crippen LogP contribution is -2.38. The van der Waals surface area contributed by atoms with E-state index in [2.05, 4.69) is 29.5 Å². The van der Waals surface area contributed by atoms with Crippen LogP contribution in [-0.2, 0) is 0 Å². The van der Waals surface area contributed by atoms with Crippen molar-refractivity contribution in [1.82, 2.24) is 5.32 Å². The number of hydrogen-bond acceptors (Lipinski definition) is 3. The number of nitrogens with zero attached hydrogens (tertiary/aromatic N) is 1. The molecule has 1 aliphatic carbocycles. The van der Waals surface area contributed by atoms with Gasteiger partial charge in [-0.1, -0.05) is 55.3 Å². The number of hydrogen-bond donors (Lipinski definition) is 3. The number of benzene rings is 1. The molecule has 1 fully saturated rings. The van der Waals surface area contributed by atoms with E-state index in [-0.39, 0.29) is 11.9 Å². The molecule has 4 nitrogen and oxygen atoms in total. The summed E-state index contributed by atoms with van der Waals surface area (Å²) in [5.41, 5.74) is 6.90. The Hall–Kier alpha value is -1.55. The molecule has 0 aromatic heterocycles. The summed E-state index contributed by atoms with van der Waals surface area (Å²) in [4.78, 5) is 0. The Morgan fingerprint density at radius 1 is 1.40 bits per heavy atom. The van der Waals surface area contributed by atoms with Crippen LogP contribution in [0.25, 0.3) is 0 Å². The summed E-state index contributed by atoms with van der Waals surface area (Å²) in [6.45, 7) is 2.31. The minimum atomic E-state index is 0.113. The number of oxime groups is 1. The minimum absolute atomic E-state index is 0.113. The second-order valence-electron chi connectivity index (χ2n) is 5.89. The Labute approximate surface area is 121 Å². The molecule has 0 aliphatic heterocycles. The van der Waals surface area contributed by atoms with Crippen molar-refractivity contribution >= 4 is 5.84 Å². The lowest BCUT2D eigenvalue weighted by atomic mass is 9.86. The minimum Gasteiger partial charge on any atom is -0.409 e. The van der Waals surface area contributed by atoms with Gasteiger partial charge in [-0.25, -0.2) is 0 Å². The van der Waals surface area contributed by atoms with Crippen LogP contribution in [0.15, 0.2) is 35.5 Å². The van der Waals surface area contributed by atoms with Gasteiger partial charge in [0.15, 0.2) is 0 Å². The van der Waals surface area contributed by atoms with Crippen LogP contribution in [0.5, 0.6) is 0 Å². The van der Waals surface area contributed by atoms with Gasteiger partial charge in [-0.3, -0.25) is 0 Å². The topological polar surface area (TPSA) is 70.6 Å². The van der Waals surface area contributed by atoms with Gasteiger partial charge >= 0.3 is 0 Å². The molecule has 110 valence electrons. The fourth-order valence-corrected chi connectivity index (χ4v) is 3.08. The highest BCUT2D eigenvalue weighted by Gasteiger charge is 2.23. The van der Waals surface area contributed by atoms with Crippen LogP contribution < -0.4 is 11.1 Å². The largest absolute Gasteiger partial charge is 0.409 e. The van der Waals surface area contributed by atoms with Crippen LogP contribution in [0.1, 0.15) is 50.6 Å². The predicted molar refractivity (Wildman–Crippen MR) is 81.8 cm³/mol. The number of amidine groups is 1. The van der Waals surface area contributed by atoms with E-state index in [1.165, 1.54) is 31.2 Å². The maximum atomic E-state index is 8.81. The fraction of sp³-hybridized carbons (Fsp3) is 0.562. The van der Waals surface area contributed by atoms with Crippen molar-refractivity contribution in [1.29, 1.82) is 0 Å². The molecule has 1 aromatic carbocycles. The zero-order valence-electron chi connectivity index (χ0n) is 12.1. The highest BCUT2D eigenvalue weighted by Crippen LogP contribution is 2.26. The summed E-state index contributed by atoms with van der Waals surface area (Å²) in [6.07, 6.45) is 5.56. The smallest absolute Gasteiger partial charge is 0.141 e. The van der Waals surface area contributed by atoms with E-state index in [9.17, 15) is 0 Å². The van der Waals surface area contributed by atoms with Gasteiger partial charge in [-0.05, 0) is 24.3 Å². The lowest BCUT2D eigenvalue weighted by molar-refractivity contribution is 0.279. The first-order chi connectivity index (χ1) is 9.69. The van der Waals surface area contributed by atoms with Crippen molar-refractivity contribution in [3.63, 3.8) is 0 Å². The molecule has 4 N–H and O–H groups in total. The van der Waals surface area contributed by atoms with Gasteiger partial charge in [0.1, 0.15) is 5.84 Å². The first kappa shape index (κ1) is 14.9. The molecule has 3 unspecified atom stereocenters. The zero-order valence-corrected chi connectivity index (χ0v) is 12.1. The number of nitrogens with two attached hydrogens (primary N) is 1. The third-order valence-electron chi connectivity index (χ3n) is 4.12. The molecular formula is C16H25N3O. The van der Waals surface area contributed by atoms with Crippen LogP contribution in [0.2, 0.25) is 0 Å². The van der Waals surface area contributed by atoms with Gasteiger partial charge in [0.2, 0.25) is 0 Å². The fourth-order valence-electron chi connectivity index (χ4n) is 3.08. The van der Waals surface area contributed by atoms with Crippen LogP contribution in [0.4, 0.5) is 0 Å². The molecule has 0 heterocycles. The van der Waals surface area contributed by atoms with Crippen LogP contribution >= 0.6 is 0 Å². The van der Waals surface area contributed by atoms with Crippen molar-refractivity contribution in [3.8, 4) is 0 Å². The summed E-state index contributed by atoms with van der Waals surface area (Å²) in [5.74, 6) is 1.05. The predicted octanol–water partition coefficient (Wildman–Crippen LogP) is 3.03. The van der Waals surface area contributed by atoms with Crippen molar-refractivity contribution in [2.75, 3.05) is 0 Å². The molecule has 2 rings (SSSR count). The first-order valence-corrected chi connectivity index (χ1v) is 7.46. The quantitative estimate of drug-likeness (QED) is 0.335. The lowest BCUT2D eigenvalue weighted by Gasteiger charge is -2.31. The van der Waals surface area contributed by atoms with E-state index in [4.69, 9.17) is 10.9 Å². The highest BCUT2D eigenvalue weighted by atomic mass is 16.4. The standard InChI is InChI=1S/C16H25N3O/c1-12-6-5-9-14(10-12)18-15(11-16(17)19-20)13-7-3-2-4-8-13/h2-4,7-8,12,14-15,18,20H,5-6,9-11H2,1H3,(H2,17,19). The number of nitrogens with one attached hydrogen (secondary N) is 1. The first-order valence-electron chi connectivity index (χ1n) is 7.46. The van der Waals surface area contributed by atoms with Crippen LogP contribution in [0.3, 0.4) is 0 Å². The molecule has 0 amide bonds. The van der Waals surface area contributed by atoms with Crippen molar-refractivity contribution < 1.29 is 5.21 Å². The summed E-state index contributed by atoms with van der Waals surface area (Å²) in [7, 11) is 0. The normalized spacial score (nSPS) is 25.4. The van der Waals surface area contributed by atoms with Gasteiger partial charge < -0.3 is 16.3 Å². The molecule has 1 saturated carbocycles. The van der Waals surface area contributed by atoms with Crippen LogP contribution in [0, 0.1) is 5.92 Å². The van der Waals surface area contributed by atoms with Gasteiger partial charge in [0, 0.05) is 18.5 Å². The zero-order chi connectivity index (χ0) is 14.4. The Bertz CT molecular complexity index is 433. The highest BCUT2D eigenvalue weighted by molar-refractivity contribution is 5.80. The third kappa shape index (κ3) is 4.23. The molecule has 20 heavy (non-hydrogen) atoms. The van der Waals surface area contributed by atoms with E-state index in [1.807, 2.05) is 18.2 Å². The summed E-state index contributed by atoms with van der Waals surface area (Å²) in [6, 6.07) is 10.9. The average molecular weight is 275 g/mol. The van der Waals surface area contributed by atoms with Crippen LogP contribution in [-0.4, -0.2) is 17.1 Å². The molecule has 1 aliphatic rings. The molecule has 1 aromatic rings. The van der Waals surface area contributed by atoms with E-state index in [0.29, 0.717) is 12.5 Å². The molecule has 0 radical (unpaired) electrons. The van der Waals surface area contributed by atoms with E-state index in [0.717, 1.165) is 5.92 Å². The van der Waals surface area contributed by atoms with E-state index < -0.39 is 0 Å². The molecule has 0 bridgehead atoms. The summed E-state index contributed by atoms with van der Waals surface area (Å²) in [5, 5.41) is 15.6. The van der Waals surface area contributed by atoms with Gasteiger partial charge in [0.25, 0.3) is 0 Å². The molecular weight excluding hydrogens is 250 g/mol. The Balaban J connectivity index is 2.06. The van der Waals surface area contributed by atoms with E-state index in [1.54, 1.807) is 0 Å². The Morgan fingerprint density at radius 3 is 2.80 bits per heavy atom. The van der Waals surface area contributed by atoms with Crippen molar-refractivity contribution in [3.05, 3.63) is 35.9 Å². The maximum Gasteiger partial charge on any atom is 0.141 e. The molecule has 4 heteroatoms. The maximum absolute atomic E-state index is 8.81. The summed E-state index contributed by atoms with van der Waals surface area (Å²) >= 11 is 0. The average Bonchev–Trinajstić information content (AvgIpc) is 2.47. The van der Waals surface area contributed by atoms with E-state index >= 15 is 0 Å². The monoisotopic (exact) mass is 275 g/mol.